The van der Waals surface area contributed by atoms with Crippen LogP contribution in [0.5, 0.6) is 0 Å². The van der Waals surface area contributed by atoms with E-state index in [2.05, 4.69) is 24.0 Å². The molecule has 0 amide bonds. The molecule has 1 aliphatic carbocycles. The fourth-order valence-electron chi connectivity index (χ4n) is 1.83. The van der Waals surface area contributed by atoms with E-state index in [-0.39, 0.29) is 6.61 Å². The Bertz CT molecular complexity index is 290. The smallest absolute Gasteiger partial charge is 0.0681 e. The van der Waals surface area contributed by atoms with Crippen LogP contribution in [0.1, 0.15) is 25.3 Å². The second kappa shape index (κ2) is 4.01. The number of hydrogen-bond acceptors (Lipinski definition) is 2. The molecule has 1 aromatic carbocycles. The summed E-state index contributed by atoms with van der Waals surface area (Å²) in [4.78, 5) is 2.43. The monoisotopic (exact) mass is 191 g/mol. The first-order chi connectivity index (χ1) is 6.85. The van der Waals surface area contributed by atoms with Crippen molar-refractivity contribution in [3.63, 3.8) is 0 Å². The van der Waals surface area contributed by atoms with Gasteiger partial charge in [-0.25, -0.2) is 0 Å². The largest absolute Gasteiger partial charge is 0.392 e. The van der Waals surface area contributed by atoms with Gasteiger partial charge in [-0.05, 0) is 37.5 Å². The second-order valence-corrected chi connectivity index (χ2v) is 3.84. The molecule has 1 saturated carbocycles. The summed E-state index contributed by atoms with van der Waals surface area (Å²) in [6, 6.07) is 8.97. The highest BCUT2D eigenvalue weighted by atomic mass is 16.3. The summed E-state index contributed by atoms with van der Waals surface area (Å²) in [6.07, 6.45) is 2.66. The van der Waals surface area contributed by atoms with Crippen molar-refractivity contribution in [3.05, 3.63) is 29.8 Å². The van der Waals surface area contributed by atoms with Crippen molar-refractivity contribution in [3.8, 4) is 0 Å². The number of anilines is 1. The molecule has 0 unspecified atom stereocenters. The molecule has 1 fully saturated rings. The first-order valence-corrected chi connectivity index (χ1v) is 5.31. The molecule has 76 valence electrons. The van der Waals surface area contributed by atoms with E-state index in [0.29, 0.717) is 0 Å². The topological polar surface area (TPSA) is 23.5 Å². The van der Waals surface area contributed by atoms with Gasteiger partial charge in [-0.3, -0.25) is 0 Å². The third kappa shape index (κ3) is 1.90. The maximum Gasteiger partial charge on any atom is 0.0681 e. The van der Waals surface area contributed by atoms with Gasteiger partial charge in [0.1, 0.15) is 0 Å². The molecular formula is C12H17NO. The van der Waals surface area contributed by atoms with Gasteiger partial charge < -0.3 is 10.0 Å². The molecule has 0 radical (unpaired) electrons. The van der Waals surface area contributed by atoms with Gasteiger partial charge >= 0.3 is 0 Å². The van der Waals surface area contributed by atoms with Crippen molar-refractivity contribution in [2.24, 2.45) is 0 Å². The Kier molecular flexibility index (Phi) is 2.73. The minimum atomic E-state index is 0.135. The molecule has 2 heteroatoms. The van der Waals surface area contributed by atoms with E-state index in [0.717, 1.165) is 18.2 Å². The van der Waals surface area contributed by atoms with Gasteiger partial charge in [-0.15, -0.1) is 0 Å². The minimum Gasteiger partial charge on any atom is -0.392 e. The summed E-state index contributed by atoms with van der Waals surface area (Å²) < 4.78 is 0. The highest BCUT2D eigenvalue weighted by Crippen LogP contribution is 2.31. The zero-order chi connectivity index (χ0) is 9.97. The lowest BCUT2D eigenvalue weighted by molar-refractivity contribution is 0.282. The summed E-state index contributed by atoms with van der Waals surface area (Å²) in [5.41, 5.74) is 2.27. The van der Waals surface area contributed by atoms with Gasteiger partial charge in [0, 0.05) is 18.3 Å². The molecule has 0 spiro atoms. The number of aliphatic hydroxyl groups is 1. The third-order valence-electron chi connectivity index (χ3n) is 2.78. The zero-order valence-corrected chi connectivity index (χ0v) is 8.61. The van der Waals surface area contributed by atoms with Gasteiger partial charge in [0.15, 0.2) is 0 Å². The van der Waals surface area contributed by atoms with E-state index in [1.165, 1.54) is 18.5 Å². The number of benzene rings is 1. The van der Waals surface area contributed by atoms with Gasteiger partial charge in [-0.2, -0.15) is 0 Å². The summed E-state index contributed by atoms with van der Waals surface area (Å²) in [6.45, 7) is 3.40. The zero-order valence-electron chi connectivity index (χ0n) is 8.61. The molecule has 0 aliphatic heterocycles. The standard InChI is InChI=1S/C12H17NO/c1-2-13(12-7-8-12)11-5-3-10(9-14)4-6-11/h3-6,12,14H,2,7-9H2,1H3. The number of hydrogen-bond donors (Lipinski definition) is 1. The number of rotatable bonds is 4. The van der Waals surface area contributed by atoms with Crippen molar-refractivity contribution in [2.45, 2.75) is 32.4 Å². The van der Waals surface area contributed by atoms with Crippen molar-refractivity contribution in [2.75, 3.05) is 11.4 Å². The summed E-state index contributed by atoms with van der Waals surface area (Å²) in [5, 5.41) is 8.93. The van der Waals surface area contributed by atoms with Crippen LogP contribution in [0.25, 0.3) is 0 Å². The predicted molar refractivity (Wildman–Crippen MR) is 58.4 cm³/mol. The lowest BCUT2D eigenvalue weighted by Gasteiger charge is -2.22. The summed E-state index contributed by atoms with van der Waals surface area (Å²) in [7, 11) is 0. The Morgan fingerprint density at radius 1 is 1.29 bits per heavy atom. The van der Waals surface area contributed by atoms with Crippen molar-refractivity contribution in [1.82, 2.24) is 0 Å². The second-order valence-electron chi connectivity index (χ2n) is 3.84. The SMILES string of the molecule is CCN(c1ccc(CO)cc1)C1CC1. The average Bonchev–Trinajstić information content (AvgIpc) is 3.04. The van der Waals surface area contributed by atoms with Crippen LogP contribution in [0.15, 0.2) is 24.3 Å². The number of nitrogens with zero attached hydrogens (tertiary/aromatic N) is 1. The Labute approximate surface area is 85.2 Å². The van der Waals surface area contributed by atoms with Crippen molar-refractivity contribution in [1.29, 1.82) is 0 Å². The van der Waals surface area contributed by atoms with Crippen molar-refractivity contribution >= 4 is 5.69 Å². The van der Waals surface area contributed by atoms with Gasteiger partial charge in [0.05, 0.1) is 6.61 Å². The van der Waals surface area contributed by atoms with Gasteiger partial charge in [0.2, 0.25) is 0 Å². The minimum absolute atomic E-state index is 0.135. The molecule has 0 atom stereocenters. The summed E-state index contributed by atoms with van der Waals surface area (Å²) >= 11 is 0. The third-order valence-corrected chi connectivity index (χ3v) is 2.78. The normalized spacial score (nSPS) is 15.6. The van der Waals surface area contributed by atoms with Gasteiger partial charge in [-0.1, -0.05) is 12.1 Å². The Hall–Kier alpha value is -1.02. The van der Waals surface area contributed by atoms with E-state index >= 15 is 0 Å². The molecule has 1 N–H and O–H groups in total. The maximum absolute atomic E-state index is 8.93. The van der Waals surface area contributed by atoms with Crippen LogP contribution in [0.2, 0.25) is 0 Å². The fourth-order valence-corrected chi connectivity index (χ4v) is 1.83. The molecule has 0 aromatic heterocycles. The van der Waals surface area contributed by atoms with E-state index in [1.807, 2.05) is 12.1 Å². The lowest BCUT2D eigenvalue weighted by atomic mass is 10.2. The van der Waals surface area contributed by atoms with E-state index in [4.69, 9.17) is 5.11 Å². The van der Waals surface area contributed by atoms with Crippen molar-refractivity contribution < 1.29 is 5.11 Å². The highest BCUT2D eigenvalue weighted by Gasteiger charge is 2.27. The molecule has 1 aliphatic rings. The van der Waals surface area contributed by atoms with Crippen LogP contribution < -0.4 is 4.90 Å². The Balaban J connectivity index is 2.13. The van der Waals surface area contributed by atoms with E-state index in [9.17, 15) is 0 Å². The first-order valence-electron chi connectivity index (χ1n) is 5.31. The summed E-state index contributed by atoms with van der Waals surface area (Å²) in [5.74, 6) is 0. The maximum atomic E-state index is 8.93. The highest BCUT2D eigenvalue weighted by molar-refractivity contribution is 5.49. The quantitative estimate of drug-likeness (QED) is 0.788. The molecule has 0 bridgehead atoms. The fraction of sp³-hybridized carbons (Fsp3) is 0.500. The van der Waals surface area contributed by atoms with Crippen LogP contribution >= 0.6 is 0 Å². The molecule has 0 saturated heterocycles. The molecule has 14 heavy (non-hydrogen) atoms. The predicted octanol–water partition coefficient (Wildman–Crippen LogP) is 2.17. The molecule has 2 nitrogen and oxygen atoms in total. The molecule has 2 rings (SSSR count). The molecule has 0 heterocycles. The first kappa shape index (κ1) is 9.53. The van der Waals surface area contributed by atoms with Crippen LogP contribution in [0.4, 0.5) is 5.69 Å². The van der Waals surface area contributed by atoms with Crippen LogP contribution in [-0.4, -0.2) is 17.7 Å². The Morgan fingerprint density at radius 3 is 2.36 bits per heavy atom. The van der Waals surface area contributed by atoms with Crippen LogP contribution in [0, 0.1) is 0 Å². The van der Waals surface area contributed by atoms with E-state index in [1.54, 1.807) is 0 Å². The molecule has 1 aromatic rings. The van der Waals surface area contributed by atoms with Crippen LogP contribution in [0.3, 0.4) is 0 Å². The lowest BCUT2D eigenvalue weighted by Crippen LogP contribution is -2.24. The Morgan fingerprint density at radius 2 is 1.93 bits per heavy atom. The van der Waals surface area contributed by atoms with E-state index < -0.39 is 0 Å². The number of aliphatic hydroxyl groups excluding tert-OH is 1. The van der Waals surface area contributed by atoms with Gasteiger partial charge in [0.25, 0.3) is 0 Å². The average molecular weight is 191 g/mol. The van der Waals surface area contributed by atoms with Crippen LogP contribution in [-0.2, 0) is 6.61 Å². The molecular weight excluding hydrogens is 174 g/mol.